The molecule has 3 atom stereocenters. The van der Waals surface area contributed by atoms with Crippen molar-refractivity contribution in [1.29, 1.82) is 0 Å². The van der Waals surface area contributed by atoms with Gasteiger partial charge >= 0.3 is 0 Å². The Morgan fingerprint density at radius 3 is 2.50 bits per heavy atom. The lowest BCUT2D eigenvalue weighted by atomic mass is 9.51. The minimum atomic E-state index is -0.0961. The second kappa shape index (κ2) is 6.39. The Kier molecular flexibility index (Phi) is 4.44. The van der Waals surface area contributed by atoms with Crippen molar-refractivity contribution in [3.8, 4) is 0 Å². The molecule has 0 saturated heterocycles. The second-order valence-electron chi connectivity index (χ2n) is 8.81. The van der Waals surface area contributed by atoms with E-state index in [2.05, 4.69) is 51.3 Å². The molecule has 1 fully saturated rings. The first-order valence-electron chi connectivity index (χ1n) is 9.43. The van der Waals surface area contributed by atoms with E-state index in [4.69, 9.17) is 28.2 Å². The zero-order chi connectivity index (χ0) is 18.5. The van der Waals surface area contributed by atoms with Crippen LogP contribution in [0.25, 0.3) is 0 Å². The minimum absolute atomic E-state index is 0.0961. The third-order valence-corrected chi connectivity index (χ3v) is 6.75. The Morgan fingerprint density at radius 1 is 1.00 bits per heavy atom. The van der Waals surface area contributed by atoms with E-state index in [0.29, 0.717) is 11.8 Å². The van der Waals surface area contributed by atoms with Gasteiger partial charge in [0.2, 0.25) is 0 Å². The van der Waals surface area contributed by atoms with Crippen molar-refractivity contribution in [2.45, 2.75) is 51.4 Å². The van der Waals surface area contributed by atoms with Crippen LogP contribution in [-0.2, 0) is 5.41 Å². The molecule has 1 aliphatic carbocycles. The van der Waals surface area contributed by atoms with E-state index in [0.717, 1.165) is 22.2 Å². The maximum Gasteiger partial charge on any atom is 0.0682 e. The van der Waals surface area contributed by atoms with Crippen LogP contribution in [-0.4, -0.2) is 6.21 Å². The quantitative estimate of drug-likeness (QED) is 0.479. The molecule has 1 spiro atoms. The number of hydrogen-bond acceptors (Lipinski definition) is 1. The summed E-state index contributed by atoms with van der Waals surface area (Å²) in [6.07, 6.45) is 5.84. The molecule has 136 valence electrons. The van der Waals surface area contributed by atoms with Gasteiger partial charge < -0.3 is 0 Å². The normalized spacial score (nSPS) is 27.7. The first kappa shape index (κ1) is 18.1. The molecule has 0 radical (unpaired) electrons. The Bertz CT molecular complexity index is 865. The van der Waals surface area contributed by atoms with Crippen LogP contribution >= 0.6 is 23.2 Å². The average molecular weight is 386 g/mol. The van der Waals surface area contributed by atoms with Crippen LogP contribution in [0, 0.1) is 11.3 Å². The van der Waals surface area contributed by atoms with Crippen LogP contribution in [0.3, 0.4) is 0 Å². The molecule has 3 unspecified atom stereocenters. The van der Waals surface area contributed by atoms with Crippen LogP contribution < -0.4 is 0 Å². The fourth-order valence-corrected chi connectivity index (χ4v) is 5.71. The van der Waals surface area contributed by atoms with Crippen molar-refractivity contribution in [3.05, 3.63) is 63.6 Å². The van der Waals surface area contributed by atoms with Gasteiger partial charge in [0, 0.05) is 21.7 Å². The molecule has 0 bridgehead atoms. The van der Waals surface area contributed by atoms with Gasteiger partial charge in [-0.2, -0.15) is 0 Å². The number of rotatable bonds is 1. The van der Waals surface area contributed by atoms with Gasteiger partial charge in [0.15, 0.2) is 0 Å². The van der Waals surface area contributed by atoms with Crippen LogP contribution in [0.5, 0.6) is 0 Å². The van der Waals surface area contributed by atoms with Gasteiger partial charge in [-0.15, -0.1) is 0 Å². The highest BCUT2D eigenvalue weighted by molar-refractivity contribution is 6.31. The van der Waals surface area contributed by atoms with Crippen molar-refractivity contribution in [3.63, 3.8) is 0 Å². The van der Waals surface area contributed by atoms with Gasteiger partial charge in [-0.05, 0) is 65.5 Å². The highest BCUT2D eigenvalue weighted by atomic mass is 35.5. The highest BCUT2D eigenvalue weighted by Gasteiger charge is 2.54. The van der Waals surface area contributed by atoms with E-state index < -0.39 is 0 Å². The van der Waals surface area contributed by atoms with E-state index in [9.17, 15) is 0 Å². The molecular weight excluding hydrogens is 361 g/mol. The summed E-state index contributed by atoms with van der Waals surface area (Å²) in [5, 5.41) is 1.56. The zero-order valence-corrected chi connectivity index (χ0v) is 17.1. The maximum absolute atomic E-state index is 6.36. The lowest BCUT2D eigenvalue weighted by Crippen LogP contribution is -2.49. The van der Waals surface area contributed by atoms with Gasteiger partial charge in [-0.3, -0.25) is 4.99 Å². The molecule has 1 saturated carbocycles. The van der Waals surface area contributed by atoms with E-state index in [-0.39, 0.29) is 10.8 Å². The summed E-state index contributed by atoms with van der Waals surface area (Å²) in [6, 6.07) is 14.6. The standard InChI is InChI=1S/C23H25Cl2N/c1-22(2,3)21-9-5-8-18(15-6-4-7-16(24)12-15)23(21)14-26-20-13-17(25)10-11-19(20)23/h4,6-7,10-14,18,21H,5,8-9H2,1-3H3. The summed E-state index contributed by atoms with van der Waals surface area (Å²) in [4.78, 5) is 4.86. The predicted molar refractivity (Wildman–Crippen MR) is 112 cm³/mol. The maximum atomic E-state index is 6.36. The lowest BCUT2D eigenvalue weighted by Gasteiger charge is -2.52. The molecule has 2 aliphatic rings. The monoisotopic (exact) mass is 385 g/mol. The topological polar surface area (TPSA) is 12.4 Å². The molecule has 1 nitrogen and oxygen atoms in total. The smallest absolute Gasteiger partial charge is 0.0682 e. The molecular formula is C23H25Cl2N. The van der Waals surface area contributed by atoms with Crippen molar-refractivity contribution in [1.82, 2.24) is 0 Å². The van der Waals surface area contributed by atoms with Gasteiger partial charge in [0.05, 0.1) is 5.69 Å². The Balaban J connectivity index is 1.94. The van der Waals surface area contributed by atoms with Gasteiger partial charge in [0.1, 0.15) is 0 Å². The molecule has 0 N–H and O–H groups in total. The van der Waals surface area contributed by atoms with Crippen molar-refractivity contribution in [2.24, 2.45) is 16.3 Å². The Morgan fingerprint density at radius 2 is 1.77 bits per heavy atom. The van der Waals surface area contributed by atoms with E-state index in [1.807, 2.05) is 18.2 Å². The molecule has 0 aromatic heterocycles. The first-order chi connectivity index (χ1) is 12.3. The molecule has 3 heteroatoms. The minimum Gasteiger partial charge on any atom is -0.260 e. The zero-order valence-electron chi connectivity index (χ0n) is 15.6. The number of aliphatic imine (C=N–C) groups is 1. The summed E-state index contributed by atoms with van der Waals surface area (Å²) < 4.78 is 0. The fourth-order valence-electron chi connectivity index (χ4n) is 5.34. The first-order valence-corrected chi connectivity index (χ1v) is 10.2. The van der Waals surface area contributed by atoms with E-state index >= 15 is 0 Å². The lowest BCUT2D eigenvalue weighted by molar-refractivity contribution is 0.105. The largest absolute Gasteiger partial charge is 0.260 e. The number of fused-ring (bicyclic) bond motifs is 2. The molecule has 2 aromatic carbocycles. The number of benzene rings is 2. The van der Waals surface area contributed by atoms with Gasteiger partial charge in [-0.1, -0.05) is 68.6 Å². The summed E-state index contributed by atoms with van der Waals surface area (Å²) in [5.74, 6) is 0.893. The highest BCUT2D eigenvalue weighted by Crippen LogP contribution is 2.60. The summed E-state index contributed by atoms with van der Waals surface area (Å²) in [6.45, 7) is 7.09. The van der Waals surface area contributed by atoms with E-state index in [1.165, 1.54) is 24.0 Å². The van der Waals surface area contributed by atoms with Crippen LogP contribution in [0.2, 0.25) is 10.0 Å². The third kappa shape index (κ3) is 2.80. The van der Waals surface area contributed by atoms with Crippen molar-refractivity contribution >= 4 is 35.1 Å². The Hall–Kier alpha value is -1.31. The summed E-state index contributed by atoms with van der Waals surface area (Å²) >= 11 is 12.6. The molecule has 0 amide bonds. The van der Waals surface area contributed by atoms with Crippen LogP contribution in [0.1, 0.15) is 57.1 Å². The average Bonchev–Trinajstić information content (AvgIpc) is 2.92. The van der Waals surface area contributed by atoms with Crippen molar-refractivity contribution < 1.29 is 0 Å². The summed E-state index contributed by atoms with van der Waals surface area (Å²) in [7, 11) is 0. The van der Waals surface area contributed by atoms with Crippen LogP contribution in [0.15, 0.2) is 47.5 Å². The number of halogens is 2. The fraction of sp³-hybridized carbons (Fsp3) is 0.435. The predicted octanol–water partition coefficient (Wildman–Crippen LogP) is 7.58. The molecule has 26 heavy (non-hydrogen) atoms. The van der Waals surface area contributed by atoms with Crippen LogP contribution in [0.4, 0.5) is 5.69 Å². The molecule has 4 rings (SSSR count). The van der Waals surface area contributed by atoms with Crippen molar-refractivity contribution in [2.75, 3.05) is 0 Å². The Labute approximate surface area is 166 Å². The molecule has 2 aromatic rings. The second-order valence-corrected chi connectivity index (χ2v) is 9.68. The van der Waals surface area contributed by atoms with Gasteiger partial charge in [-0.25, -0.2) is 0 Å². The van der Waals surface area contributed by atoms with E-state index in [1.54, 1.807) is 0 Å². The number of nitrogens with zero attached hydrogens (tertiary/aromatic N) is 1. The summed E-state index contributed by atoms with van der Waals surface area (Å²) in [5.41, 5.74) is 3.76. The van der Waals surface area contributed by atoms with Gasteiger partial charge in [0.25, 0.3) is 0 Å². The third-order valence-electron chi connectivity index (χ3n) is 6.28. The SMILES string of the molecule is CC(C)(C)C1CCCC(c2cccc(Cl)c2)C12C=Nc1cc(Cl)ccc12. The molecule has 1 aliphatic heterocycles. The number of hydrogen-bond donors (Lipinski definition) is 0. The molecule has 1 heterocycles.